The van der Waals surface area contributed by atoms with Crippen molar-refractivity contribution in [1.29, 1.82) is 0 Å². The third-order valence-corrected chi connectivity index (χ3v) is 3.14. The van der Waals surface area contributed by atoms with Gasteiger partial charge in [0.2, 0.25) is 0 Å². The number of carbonyl (C=O) groups is 1. The van der Waals surface area contributed by atoms with Crippen LogP contribution in [-0.4, -0.2) is 36.1 Å². The molecule has 1 aromatic rings. The van der Waals surface area contributed by atoms with Crippen LogP contribution >= 0.6 is 0 Å². The van der Waals surface area contributed by atoms with Crippen LogP contribution in [0.1, 0.15) is 29.8 Å². The lowest BCUT2D eigenvalue weighted by Crippen LogP contribution is -2.48. The van der Waals surface area contributed by atoms with Crippen molar-refractivity contribution in [1.82, 2.24) is 4.90 Å². The van der Waals surface area contributed by atoms with Gasteiger partial charge in [-0.15, -0.1) is 0 Å². The molecule has 0 bridgehead atoms. The fourth-order valence-corrected chi connectivity index (χ4v) is 2.31. The Kier molecular flexibility index (Phi) is 3.99. The minimum Gasteiger partial charge on any atom is -0.372 e. The Morgan fingerprint density at radius 1 is 1.28 bits per heavy atom. The first-order valence-corrected chi connectivity index (χ1v) is 6.34. The quantitative estimate of drug-likeness (QED) is 0.860. The molecule has 1 aliphatic rings. The second-order valence-corrected chi connectivity index (χ2v) is 4.87. The Morgan fingerprint density at radius 2 is 1.83 bits per heavy atom. The molecule has 1 saturated heterocycles. The van der Waals surface area contributed by atoms with Crippen molar-refractivity contribution in [3.05, 3.63) is 35.4 Å². The van der Waals surface area contributed by atoms with Crippen LogP contribution in [-0.2, 0) is 11.3 Å². The molecule has 0 spiro atoms. The van der Waals surface area contributed by atoms with E-state index in [-0.39, 0.29) is 18.1 Å². The van der Waals surface area contributed by atoms with Crippen molar-refractivity contribution >= 4 is 5.91 Å². The van der Waals surface area contributed by atoms with Crippen molar-refractivity contribution in [2.75, 3.05) is 13.1 Å². The number of carbonyl (C=O) groups excluding carboxylic acids is 1. The minimum atomic E-state index is 0.0700. The molecular weight excluding hydrogens is 228 g/mol. The summed E-state index contributed by atoms with van der Waals surface area (Å²) in [4.78, 5) is 14.2. The highest BCUT2D eigenvalue weighted by molar-refractivity contribution is 5.94. The van der Waals surface area contributed by atoms with Gasteiger partial charge in [-0.1, -0.05) is 12.1 Å². The third-order valence-electron chi connectivity index (χ3n) is 3.14. The monoisotopic (exact) mass is 248 g/mol. The van der Waals surface area contributed by atoms with Gasteiger partial charge in [-0.25, -0.2) is 0 Å². The highest BCUT2D eigenvalue weighted by Crippen LogP contribution is 2.14. The average Bonchev–Trinajstić information content (AvgIpc) is 2.37. The molecule has 0 unspecified atom stereocenters. The SMILES string of the molecule is C[C@@H]1CN(C(=O)c2ccc(CN)cc2)C[C@@H](C)O1. The van der Waals surface area contributed by atoms with Gasteiger partial charge in [0, 0.05) is 25.2 Å². The zero-order valence-corrected chi connectivity index (χ0v) is 10.9. The second-order valence-electron chi connectivity index (χ2n) is 4.87. The molecule has 1 heterocycles. The summed E-state index contributed by atoms with van der Waals surface area (Å²) in [7, 11) is 0. The molecule has 18 heavy (non-hydrogen) atoms. The number of rotatable bonds is 2. The lowest BCUT2D eigenvalue weighted by molar-refractivity contribution is -0.0586. The van der Waals surface area contributed by atoms with E-state index in [0.717, 1.165) is 5.56 Å². The molecule has 0 aromatic heterocycles. The molecule has 0 radical (unpaired) electrons. The molecule has 4 nitrogen and oxygen atoms in total. The molecule has 0 aliphatic carbocycles. The van der Waals surface area contributed by atoms with Crippen molar-refractivity contribution in [2.24, 2.45) is 5.73 Å². The van der Waals surface area contributed by atoms with E-state index in [1.165, 1.54) is 0 Å². The van der Waals surface area contributed by atoms with Gasteiger partial charge in [-0.2, -0.15) is 0 Å². The van der Waals surface area contributed by atoms with Crippen LogP contribution in [0.15, 0.2) is 24.3 Å². The van der Waals surface area contributed by atoms with E-state index in [1.54, 1.807) is 0 Å². The van der Waals surface area contributed by atoms with E-state index < -0.39 is 0 Å². The molecule has 98 valence electrons. The van der Waals surface area contributed by atoms with E-state index in [9.17, 15) is 4.79 Å². The maximum Gasteiger partial charge on any atom is 0.254 e. The Morgan fingerprint density at radius 3 is 2.33 bits per heavy atom. The first kappa shape index (κ1) is 13.1. The maximum atomic E-state index is 12.3. The van der Waals surface area contributed by atoms with Crippen LogP contribution in [0.2, 0.25) is 0 Å². The normalized spacial score (nSPS) is 24.1. The summed E-state index contributed by atoms with van der Waals surface area (Å²) in [6.07, 6.45) is 0.196. The summed E-state index contributed by atoms with van der Waals surface area (Å²) in [6, 6.07) is 7.49. The van der Waals surface area contributed by atoms with E-state index >= 15 is 0 Å². The molecule has 1 amide bonds. The summed E-state index contributed by atoms with van der Waals surface area (Å²) in [5, 5.41) is 0. The molecular formula is C14H20N2O2. The van der Waals surface area contributed by atoms with Gasteiger partial charge in [0.05, 0.1) is 12.2 Å². The van der Waals surface area contributed by atoms with E-state index in [1.807, 2.05) is 43.0 Å². The Hall–Kier alpha value is -1.39. The number of morpholine rings is 1. The van der Waals surface area contributed by atoms with Gasteiger partial charge in [-0.05, 0) is 31.5 Å². The average molecular weight is 248 g/mol. The van der Waals surface area contributed by atoms with E-state index in [0.29, 0.717) is 25.2 Å². The van der Waals surface area contributed by atoms with E-state index in [4.69, 9.17) is 10.5 Å². The number of benzene rings is 1. The first-order chi connectivity index (χ1) is 8.60. The van der Waals surface area contributed by atoms with E-state index in [2.05, 4.69) is 0 Å². The number of amides is 1. The lowest BCUT2D eigenvalue weighted by atomic mass is 10.1. The van der Waals surface area contributed by atoms with Crippen molar-refractivity contribution < 1.29 is 9.53 Å². The molecule has 2 N–H and O–H groups in total. The first-order valence-electron chi connectivity index (χ1n) is 6.34. The van der Waals surface area contributed by atoms with Gasteiger partial charge in [-0.3, -0.25) is 4.79 Å². The Labute approximate surface area is 108 Å². The van der Waals surface area contributed by atoms with Crippen molar-refractivity contribution in [2.45, 2.75) is 32.6 Å². The van der Waals surface area contributed by atoms with Crippen LogP contribution < -0.4 is 5.73 Å². The Bertz CT molecular complexity index is 406. The smallest absolute Gasteiger partial charge is 0.254 e. The predicted molar refractivity (Wildman–Crippen MR) is 70.2 cm³/mol. The minimum absolute atomic E-state index is 0.0700. The zero-order valence-electron chi connectivity index (χ0n) is 10.9. The van der Waals surface area contributed by atoms with Crippen LogP contribution in [0.3, 0.4) is 0 Å². The summed E-state index contributed by atoms with van der Waals surface area (Å²) < 4.78 is 5.63. The number of ether oxygens (including phenoxy) is 1. The fourth-order valence-electron chi connectivity index (χ4n) is 2.31. The predicted octanol–water partition coefficient (Wildman–Crippen LogP) is 1.39. The number of hydrogen-bond acceptors (Lipinski definition) is 3. The fraction of sp³-hybridized carbons (Fsp3) is 0.500. The maximum absolute atomic E-state index is 12.3. The van der Waals surface area contributed by atoms with Crippen LogP contribution in [0.25, 0.3) is 0 Å². The molecule has 1 fully saturated rings. The standard InChI is InChI=1S/C14H20N2O2/c1-10-8-16(9-11(2)18-10)14(17)13-5-3-12(7-15)4-6-13/h3-6,10-11H,7-9,15H2,1-2H3/t10-,11-/m1/s1. The lowest BCUT2D eigenvalue weighted by Gasteiger charge is -2.35. The van der Waals surface area contributed by atoms with Gasteiger partial charge < -0.3 is 15.4 Å². The van der Waals surface area contributed by atoms with Gasteiger partial charge in [0.1, 0.15) is 0 Å². The molecule has 1 aliphatic heterocycles. The summed E-state index contributed by atoms with van der Waals surface area (Å²) in [5.41, 5.74) is 7.30. The molecule has 1 aromatic carbocycles. The van der Waals surface area contributed by atoms with Crippen LogP contribution in [0.5, 0.6) is 0 Å². The van der Waals surface area contributed by atoms with Crippen molar-refractivity contribution in [3.8, 4) is 0 Å². The number of nitrogens with zero attached hydrogens (tertiary/aromatic N) is 1. The molecule has 0 saturated carbocycles. The highest BCUT2D eigenvalue weighted by Gasteiger charge is 2.26. The van der Waals surface area contributed by atoms with Gasteiger partial charge >= 0.3 is 0 Å². The number of hydrogen-bond donors (Lipinski definition) is 1. The van der Waals surface area contributed by atoms with Gasteiger partial charge in [0.25, 0.3) is 5.91 Å². The van der Waals surface area contributed by atoms with Gasteiger partial charge in [0.15, 0.2) is 0 Å². The summed E-state index contributed by atoms with van der Waals surface area (Å²) >= 11 is 0. The van der Waals surface area contributed by atoms with Crippen LogP contribution in [0.4, 0.5) is 0 Å². The zero-order chi connectivity index (χ0) is 13.1. The molecule has 4 heteroatoms. The third kappa shape index (κ3) is 2.89. The van der Waals surface area contributed by atoms with Crippen LogP contribution in [0, 0.1) is 0 Å². The highest BCUT2D eigenvalue weighted by atomic mass is 16.5. The topological polar surface area (TPSA) is 55.6 Å². The largest absolute Gasteiger partial charge is 0.372 e. The molecule has 2 rings (SSSR count). The van der Waals surface area contributed by atoms with Crippen molar-refractivity contribution in [3.63, 3.8) is 0 Å². The number of nitrogens with two attached hydrogens (primary N) is 1. The second kappa shape index (κ2) is 5.50. The summed E-state index contributed by atoms with van der Waals surface area (Å²) in [5.74, 6) is 0.0700. The molecule has 2 atom stereocenters. The Balaban J connectivity index is 2.09. The summed E-state index contributed by atoms with van der Waals surface area (Å²) in [6.45, 7) is 5.80.